The number of nitrogens with two attached hydrogens (primary N) is 1. The molecule has 122 valence electrons. The molecule has 0 amide bonds. The van der Waals surface area contributed by atoms with Gasteiger partial charge in [-0.1, -0.05) is 0 Å². The summed E-state index contributed by atoms with van der Waals surface area (Å²) in [6.07, 6.45) is -0.0428. The molecule has 0 fully saturated rings. The molecule has 0 atom stereocenters. The van der Waals surface area contributed by atoms with E-state index in [9.17, 15) is 17.2 Å². The van der Waals surface area contributed by atoms with Crippen molar-refractivity contribution in [1.29, 1.82) is 0 Å². The van der Waals surface area contributed by atoms with Crippen molar-refractivity contribution < 1.29 is 21.9 Å². The molecule has 0 spiro atoms. The zero-order valence-corrected chi connectivity index (χ0v) is 13.3. The van der Waals surface area contributed by atoms with Crippen molar-refractivity contribution in [2.75, 3.05) is 13.1 Å². The molecule has 1 aromatic rings. The average Bonchev–Trinajstić information content (AvgIpc) is 2.37. The summed E-state index contributed by atoms with van der Waals surface area (Å²) >= 11 is 0. The van der Waals surface area contributed by atoms with Crippen LogP contribution in [0.3, 0.4) is 0 Å². The second-order valence-electron chi connectivity index (χ2n) is 4.52. The molecule has 0 aromatic heterocycles. The van der Waals surface area contributed by atoms with Crippen molar-refractivity contribution in [3.8, 4) is 5.75 Å². The van der Waals surface area contributed by atoms with E-state index in [0.717, 1.165) is 0 Å². The molecule has 0 heterocycles. The molecule has 5 nitrogen and oxygen atoms in total. The van der Waals surface area contributed by atoms with Gasteiger partial charge in [-0.3, -0.25) is 0 Å². The first-order chi connectivity index (χ1) is 9.16. The Balaban J connectivity index is 0.00000400. The van der Waals surface area contributed by atoms with Crippen LogP contribution in [0, 0.1) is 0 Å². The largest absolute Gasteiger partial charge is 0.491 e. The minimum Gasteiger partial charge on any atom is -0.491 e. The first kappa shape index (κ1) is 20.0. The SMILES string of the molecule is CC(C)Oc1ccc(S(=O)(=O)NCC(F)(F)CN)cc1.Cl. The van der Waals surface area contributed by atoms with Gasteiger partial charge in [0.05, 0.1) is 24.1 Å². The maximum absolute atomic E-state index is 12.9. The molecule has 9 heteroatoms. The van der Waals surface area contributed by atoms with Crippen LogP contribution in [-0.4, -0.2) is 33.5 Å². The molecule has 3 N–H and O–H groups in total. The molecule has 0 aliphatic heterocycles. The summed E-state index contributed by atoms with van der Waals surface area (Å²) in [7, 11) is -3.99. The third-order valence-corrected chi connectivity index (χ3v) is 3.74. The highest BCUT2D eigenvalue weighted by Gasteiger charge is 2.29. The van der Waals surface area contributed by atoms with Gasteiger partial charge in [0.25, 0.3) is 5.92 Å². The number of sulfonamides is 1. The van der Waals surface area contributed by atoms with Crippen LogP contribution in [0.5, 0.6) is 5.75 Å². The quantitative estimate of drug-likeness (QED) is 0.789. The van der Waals surface area contributed by atoms with Gasteiger partial charge in [0.1, 0.15) is 5.75 Å². The van der Waals surface area contributed by atoms with Crippen molar-refractivity contribution in [2.24, 2.45) is 5.73 Å². The van der Waals surface area contributed by atoms with E-state index in [1.165, 1.54) is 24.3 Å². The van der Waals surface area contributed by atoms with Crippen LogP contribution >= 0.6 is 12.4 Å². The van der Waals surface area contributed by atoms with Gasteiger partial charge in [0.15, 0.2) is 0 Å². The zero-order chi connectivity index (χ0) is 15.4. The predicted octanol–water partition coefficient (Wildman–Crippen LogP) is 1.77. The second kappa shape index (κ2) is 7.88. The van der Waals surface area contributed by atoms with E-state index in [-0.39, 0.29) is 23.4 Å². The summed E-state index contributed by atoms with van der Waals surface area (Å²) in [4.78, 5) is -0.110. The molecular weight excluding hydrogens is 326 g/mol. The normalized spacial score (nSPS) is 12.1. The molecule has 0 saturated heterocycles. The van der Waals surface area contributed by atoms with E-state index >= 15 is 0 Å². The fourth-order valence-corrected chi connectivity index (χ4v) is 2.39. The molecule has 0 aliphatic carbocycles. The number of hydrogen-bond donors (Lipinski definition) is 2. The lowest BCUT2D eigenvalue weighted by molar-refractivity contribution is 0.0170. The third-order valence-electron chi connectivity index (χ3n) is 2.33. The lowest BCUT2D eigenvalue weighted by Crippen LogP contribution is -2.41. The molecule has 0 radical (unpaired) electrons. The summed E-state index contributed by atoms with van der Waals surface area (Å²) in [5.41, 5.74) is 4.84. The van der Waals surface area contributed by atoms with Crippen LogP contribution in [0.4, 0.5) is 8.78 Å². The Morgan fingerprint density at radius 1 is 1.29 bits per heavy atom. The average molecular weight is 345 g/mol. The van der Waals surface area contributed by atoms with Crippen molar-refractivity contribution in [3.63, 3.8) is 0 Å². The highest BCUT2D eigenvalue weighted by molar-refractivity contribution is 7.89. The van der Waals surface area contributed by atoms with Gasteiger partial charge in [0, 0.05) is 0 Å². The summed E-state index contributed by atoms with van der Waals surface area (Å²) in [6, 6.07) is 5.52. The maximum Gasteiger partial charge on any atom is 0.273 e. The van der Waals surface area contributed by atoms with Crippen LogP contribution in [0.15, 0.2) is 29.2 Å². The smallest absolute Gasteiger partial charge is 0.273 e. The van der Waals surface area contributed by atoms with Crippen molar-refractivity contribution in [1.82, 2.24) is 4.72 Å². The van der Waals surface area contributed by atoms with Gasteiger partial charge in [-0.25, -0.2) is 21.9 Å². The molecular formula is C12H19ClF2N2O3S. The minimum absolute atomic E-state index is 0. The Morgan fingerprint density at radius 2 is 1.81 bits per heavy atom. The Hall–Kier alpha value is -0.960. The summed E-state index contributed by atoms with van der Waals surface area (Å²) < 4.78 is 56.7. The van der Waals surface area contributed by atoms with Gasteiger partial charge < -0.3 is 10.5 Å². The fourth-order valence-electron chi connectivity index (χ4n) is 1.33. The maximum atomic E-state index is 12.9. The van der Waals surface area contributed by atoms with Gasteiger partial charge in [0.2, 0.25) is 10.0 Å². The standard InChI is InChI=1S/C12H18F2N2O3S.ClH/c1-9(2)19-10-3-5-11(6-4-10)20(17,18)16-8-12(13,14)7-15;/h3-6,9,16H,7-8,15H2,1-2H3;1H. The van der Waals surface area contributed by atoms with Gasteiger partial charge in [-0.15, -0.1) is 12.4 Å². The number of rotatable bonds is 7. The molecule has 0 saturated carbocycles. The van der Waals surface area contributed by atoms with Crippen molar-refractivity contribution in [2.45, 2.75) is 30.8 Å². The number of ether oxygens (including phenoxy) is 1. The molecule has 0 unspecified atom stereocenters. The Bertz CT molecular complexity index is 536. The van der Waals surface area contributed by atoms with Crippen LogP contribution in [0.1, 0.15) is 13.8 Å². The molecule has 1 rings (SSSR count). The highest BCUT2D eigenvalue weighted by atomic mass is 35.5. The van der Waals surface area contributed by atoms with Crippen LogP contribution < -0.4 is 15.2 Å². The summed E-state index contributed by atoms with van der Waals surface area (Å²) in [5, 5.41) is 0. The van der Waals surface area contributed by atoms with E-state index in [4.69, 9.17) is 10.5 Å². The zero-order valence-electron chi connectivity index (χ0n) is 11.7. The summed E-state index contributed by atoms with van der Waals surface area (Å²) in [6.45, 7) is 1.72. The van der Waals surface area contributed by atoms with Crippen molar-refractivity contribution in [3.05, 3.63) is 24.3 Å². The third kappa shape index (κ3) is 6.56. The lowest BCUT2D eigenvalue weighted by atomic mass is 10.3. The minimum atomic E-state index is -3.99. The Kier molecular flexibility index (Phi) is 7.52. The van der Waals surface area contributed by atoms with E-state index in [2.05, 4.69) is 0 Å². The number of hydrogen-bond acceptors (Lipinski definition) is 4. The monoisotopic (exact) mass is 344 g/mol. The molecule has 1 aromatic carbocycles. The number of benzene rings is 1. The topological polar surface area (TPSA) is 81.4 Å². The number of halogens is 3. The highest BCUT2D eigenvalue weighted by Crippen LogP contribution is 2.18. The fraction of sp³-hybridized carbons (Fsp3) is 0.500. The Morgan fingerprint density at radius 3 is 2.24 bits per heavy atom. The first-order valence-electron chi connectivity index (χ1n) is 6.00. The molecule has 0 bridgehead atoms. The van der Waals surface area contributed by atoms with Gasteiger partial charge in [-0.05, 0) is 38.1 Å². The van der Waals surface area contributed by atoms with E-state index < -0.39 is 29.0 Å². The second-order valence-corrected chi connectivity index (χ2v) is 6.29. The number of alkyl halides is 2. The van der Waals surface area contributed by atoms with Gasteiger partial charge >= 0.3 is 0 Å². The van der Waals surface area contributed by atoms with E-state index in [1.807, 2.05) is 18.6 Å². The molecule has 0 aliphatic rings. The van der Waals surface area contributed by atoms with Crippen molar-refractivity contribution >= 4 is 22.4 Å². The Labute approximate surface area is 129 Å². The molecule has 21 heavy (non-hydrogen) atoms. The van der Waals surface area contributed by atoms with Gasteiger partial charge in [-0.2, -0.15) is 0 Å². The summed E-state index contributed by atoms with van der Waals surface area (Å²) in [5.74, 6) is -2.76. The van der Waals surface area contributed by atoms with Crippen LogP contribution in [0.2, 0.25) is 0 Å². The lowest BCUT2D eigenvalue weighted by Gasteiger charge is -2.15. The van der Waals surface area contributed by atoms with E-state index in [1.54, 1.807) is 0 Å². The first-order valence-corrected chi connectivity index (χ1v) is 7.49. The predicted molar refractivity (Wildman–Crippen MR) is 78.6 cm³/mol. The number of nitrogens with one attached hydrogen (secondary N) is 1. The van der Waals surface area contributed by atoms with Crippen LogP contribution in [-0.2, 0) is 10.0 Å². The van der Waals surface area contributed by atoms with Crippen LogP contribution in [0.25, 0.3) is 0 Å². The van der Waals surface area contributed by atoms with E-state index in [0.29, 0.717) is 5.75 Å².